The Morgan fingerprint density at radius 1 is 1.09 bits per heavy atom. The number of nitrogens with one attached hydrogen (secondary N) is 1. The highest BCUT2D eigenvalue weighted by Crippen LogP contribution is 2.24. The van der Waals surface area contributed by atoms with Crippen LogP contribution >= 0.6 is 0 Å². The van der Waals surface area contributed by atoms with Crippen LogP contribution in [0.4, 0.5) is 5.82 Å². The number of hydrogen-bond acceptors (Lipinski definition) is 5. The molecule has 3 rings (SSSR count). The summed E-state index contributed by atoms with van der Waals surface area (Å²) in [6, 6.07) is 8.28. The number of rotatable bonds is 5. The molecule has 1 fully saturated rings. The lowest BCUT2D eigenvalue weighted by Crippen LogP contribution is -2.51. The summed E-state index contributed by atoms with van der Waals surface area (Å²) in [5.74, 6) is 1.67. The number of nitrogens with zero attached hydrogens (tertiary/aromatic N) is 4. The summed E-state index contributed by atoms with van der Waals surface area (Å²) in [6.45, 7) is 10.5. The Morgan fingerprint density at radius 3 is 2.43 bits per heavy atom. The minimum absolute atomic E-state index is 0.0554. The van der Waals surface area contributed by atoms with Crippen LogP contribution in [0, 0.1) is 5.92 Å². The Hall–Kier alpha value is -2.01. The molecule has 1 N–H and O–H groups in total. The van der Waals surface area contributed by atoms with E-state index in [9.17, 15) is 0 Å². The van der Waals surface area contributed by atoms with Gasteiger partial charge in [-0.25, -0.2) is 0 Å². The van der Waals surface area contributed by atoms with E-state index in [0.717, 1.165) is 37.7 Å². The van der Waals surface area contributed by atoms with E-state index in [1.165, 1.54) is 5.56 Å². The average molecular weight is 311 g/mol. The van der Waals surface area contributed by atoms with Crippen LogP contribution in [-0.2, 0) is 12.0 Å². The van der Waals surface area contributed by atoms with E-state index in [0.29, 0.717) is 5.92 Å². The molecule has 2 aromatic heterocycles. The molecule has 5 nitrogen and oxygen atoms in total. The van der Waals surface area contributed by atoms with Crippen molar-refractivity contribution >= 4 is 5.82 Å². The smallest absolute Gasteiger partial charge is 0.151 e. The maximum atomic E-state index is 4.38. The molecule has 2 aromatic rings. The number of aromatic nitrogens is 3. The summed E-state index contributed by atoms with van der Waals surface area (Å²) in [6.07, 6.45) is 3.67. The topological polar surface area (TPSA) is 53.9 Å². The van der Waals surface area contributed by atoms with Crippen molar-refractivity contribution in [2.75, 3.05) is 24.5 Å². The lowest BCUT2D eigenvalue weighted by atomic mass is 9.92. The lowest BCUT2D eigenvalue weighted by Gasteiger charge is -2.40. The fourth-order valence-electron chi connectivity index (χ4n) is 2.70. The summed E-state index contributed by atoms with van der Waals surface area (Å²) >= 11 is 0. The molecule has 1 saturated heterocycles. The van der Waals surface area contributed by atoms with E-state index in [1.54, 1.807) is 0 Å². The van der Waals surface area contributed by atoms with Crippen LogP contribution < -0.4 is 10.2 Å². The van der Waals surface area contributed by atoms with E-state index in [4.69, 9.17) is 0 Å². The first-order valence-corrected chi connectivity index (χ1v) is 8.21. The Bertz CT molecular complexity index is 612. The van der Waals surface area contributed by atoms with Gasteiger partial charge < -0.3 is 10.2 Å². The second kappa shape index (κ2) is 6.62. The van der Waals surface area contributed by atoms with Crippen LogP contribution in [0.25, 0.3) is 0 Å². The normalized spacial score (nSPS) is 15.5. The van der Waals surface area contributed by atoms with E-state index >= 15 is 0 Å². The van der Waals surface area contributed by atoms with Crippen molar-refractivity contribution in [2.45, 2.75) is 32.7 Å². The quantitative estimate of drug-likeness (QED) is 0.919. The lowest BCUT2D eigenvalue weighted by molar-refractivity contribution is 0.381. The van der Waals surface area contributed by atoms with Crippen molar-refractivity contribution in [2.24, 2.45) is 5.92 Å². The molecule has 3 heterocycles. The van der Waals surface area contributed by atoms with Crippen LogP contribution in [0.2, 0.25) is 0 Å². The molecule has 0 spiro atoms. The monoisotopic (exact) mass is 311 g/mol. The Balaban J connectivity index is 1.42. The summed E-state index contributed by atoms with van der Waals surface area (Å²) < 4.78 is 0. The molecule has 0 aliphatic carbocycles. The minimum Gasteiger partial charge on any atom is -0.354 e. The van der Waals surface area contributed by atoms with Crippen molar-refractivity contribution < 1.29 is 0 Å². The number of anilines is 1. The van der Waals surface area contributed by atoms with Crippen molar-refractivity contribution in [3.8, 4) is 0 Å². The van der Waals surface area contributed by atoms with Crippen LogP contribution in [-0.4, -0.2) is 34.8 Å². The van der Waals surface area contributed by atoms with Gasteiger partial charge in [0.15, 0.2) is 5.82 Å². The molecule has 0 aromatic carbocycles. The SMILES string of the molecule is CC(C)(C)c1ccc(N2CC(CNCc3ccncc3)C2)nn1. The predicted octanol–water partition coefficient (Wildman–Crippen LogP) is 2.40. The van der Waals surface area contributed by atoms with Gasteiger partial charge in [0.25, 0.3) is 0 Å². The predicted molar refractivity (Wildman–Crippen MR) is 92.4 cm³/mol. The second-order valence-corrected chi connectivity index (χ2v) is 7.28. The van der Waals surface area contributed by atoms with Gasteiger partial charge in [0, 0.05) is 49.9 Å². The zero-order valence-corrected chi connectivity index (χ0v) is 14.2. The third-order valence-corrected chi connectivity index (χ3v) is 4.21. The molecule has 0 bridgehead atoms. The van der Waals surface area contributed by atoms with E-state index in [2.05, 4.69) is 58.3 Å². The summed E-state index contributed by atoms with van der Waals surface area (Å²) in [7, 11) is 0. The van der Waals surface area contributed by atoms with Gasteiger partial charge in [-0.2, -0.15) is 5.10 Å². The molecule has 0 atom stereocenters. The second-order valence-electron chi connectivity index (χ2n) is 7.28. The molecule has 0 amide bonds. The maximum absolute atomic E-state index is 4.38. The van der Waals surface area contributed by atoms with Crippen molar-refractivity contribution in [1.82, 2.24) is 20.5 Å². The number of hydrogen-bond donors (Lipinski definition) is 1. The van der Waals surface area contributed by atoms with Crippen LogP contribution in [0.5, 0.6) is 0 Å². The molecular formula is C18H25N5. The Morgan fingerprint density at radius 2 is 1.83 bits per heavy atom. The molecule has 0 unspecified atom stereocenters. The highest BCUT2D eigenvalue weighted by atomic mass is 15.3. The summed E-state index contributed by atoms with van der Waals surface area (Å²) in [5.41, 5.74) is 2.37. The van der Waals surface area contributed by atoms with Crippen LogP contribution in [0.3, 0.4) is 0 Å². The highest BCUT2D eigenvalue weighted by molar-refractivity contribution is 5.41. The van der Waals surface area contributed by atoms with E-state index in [-0.39, 0.29) is 5.41 Å². The van der Waals surface area contributed by atoms with Gasteiger partial charge in [0.1, 0.15) is 0 Å². The van der Waals surface area contributed by atoms with Gasteiger partial charge in [-0.05, 0) is 29.8 Å². The zero-order chi connectivity index (χ0) is 16.3. The van der Waals surface area contributed by atoms with Gasteiger partial charge in [0.2, 0.25) is 0 Å². The van der Waals surface area contributed by atoms with E-state index in [1.807, 2.05) is 24.5 Å². The van der Waals surface area contributed by atoms with Gasteiger partial charge in [-0.3, -0.25) is 4.98 Å². The Kier molecular flexibility index (Phi) is 4.57. The average Bonchev–Trinajstić information content (AvgIpc) is 2.50. The van der Waals surface area contributed by atoms with Gasteiger partial charge in [-0.15, -0.1) is 5.10 Å². The van der Waals surface area contributed by atoms with Crippen molar-refractivity contribution in [3.63, 3.8) is 0 Å². The van der Waals surface area contributed by atoms with Gasteiger partial charge in [0.05, 0.1) is 5.69 Å². The first-order valence-electron chi connectivity index (χ1n) is 8.21. The third kappa shape index (κ3) is 4.05. The standard InChI is InChI=1S/C18H25N5/c1-18(2,3)16-4-5-17(22-21-16)23-12-15(13-23)11-20-10-14-6-8-19-9-7-14/h4-9,15,20H,10-13H2,1-3H3. The van der Waals surface area contributed by atoms with Gasteiger partial charge >= 0.3 is 0 Å². The third-order valence-electron chi connectivity index (χ3n) is 4.21. The molecular weight excluding hydrogens is 286 g/mol. The minimum atomic E-state index is 0.0554. The first-order chi connectivity index (χ1) is 11.0. The van der Waals surface area contributed by atoms with Crippen molar-refractivity contribution in [1.29, 1.82) is 0 Å². The molecule has 1 aliphatic rings. The highest BCUT2D eigenvalue weighted by Gasteiger charge is 2.28. The Labute approximate surface area is 138 Å². The molecule has 0 radical (unpaired) electrons. The fourth-order valence-corrected chi connectivity index (χ4v) is 2.70. The maximum Gasteiger partial charge on any atom is 0.151 e. The molecule has 0 saturated carbocycles. The molecule has 5 heteroatoms. The first kappa shape index (κ1) is 15.9. The van der Waals surface area contributed by atoms with E-state index < -0.39 is 0 Å². The largest absolute Gasteiger partial charge is 0.354 e. The van der Waals surface area contributed by atoms with Crippen molar-refractivity contribution in [3.05, 3.63) is 47.9 Å². The fraction of sp³-hybridized carbons (Fsp3) is 0.500. The van der Waals surface area contributed by atoms with Crippen LogP contribution in [0.1, 0.15) is 32.0 Å². The number of pyridine rings is 1. The molecule has 1 aliphatic heterocycles. The molecule has 23 heavy (non-hydrogen) atoms. The molecule has 122 valence electrons. The summed E-state index contributed by atoms with van der Waals surface area (Å²) in [4.78, 5) is 6.32. The van der Waals surface area contributed by atoms with Gasteiger partial charge in [-0.1, -0.05) is 20.8 Å². The zero-order valence-electron chi connectivity index (χ0n) is 14.2. The van der Waals surface area contributed by atoms with Crippen LogP contribution in [0.15, 0.2) is 36.7 Å². The summed E-state index contributed by atoms with van der Waals surface area (Å²) in [5, 5.41) is 12.3.